The second-order valence-corrected chi connectivity index (χ2v) is 7.97. The lowest BCUT2D eigenvalue weighted by atomic mass is 10.2. The van der Waals surface area contributed by atoms with Crippen molar-refractivity contribution in [2.24, 2.45) is 0 Å². The highest BCUT2D eigenvalue weighted by atomic mass is 16.5. The Kier molecular flexibility index (Phi) is 10.2. The topological polar surface area (TPSA) is 80.7 Å². The standard InChI is InChI=1S/C26H34N2O6/c1-3-16-32-17-18-33-25-8-4-21(5-9-25)26(30)34-20-23(29)19-27-12-14-28(15-13-27)22-6-10-24(31-2)11-7-22/h3-11,23,29H,1,12-20H2,2H3. The number of esters is 1. The summed E-state index contributed by atoms with van der Waals surface area (Å²) in [5.74, 6) is 1.02. The van der Waals surface area contributed by atoms with Crippen LogP contribution in [-0.4, -0.2) is 88.3 Å². The van der Waals surface area contributed by atoms with Crippen LogP contribution in [0.3, 0.4) is 0 Å². The van der Waals surface area contributed by atoms with Crippen molar-refractivity contribution >= 4 is 11.7 Å². The molecule has 1 heterocycles. The molecule has 0 aromatic heterocycles. The van der Waals surface area contributed by atoms with Gasteiger partial charge in [-0.15, -0.1) is 6.58 Å². The molecule has 8 heteroatoms. The average molecular weight is 471 g/mol. The van der Waals surface area contributed by atoms with E-state index in [0.29, 0.717) is 37.7 Å². The molecule has 1 saturated heterocycles. The summed E-state index contributed by atoms with van der Waals surface area (Å²) in [6, 6.07) is 14.7. The van der Waals surface area contributed by atoms with Gasteiger partial charge in [-0.2, -0.15) is 0 Å². The Bertz CT molecular complexity index is 879. The zero-order valence-corrected chi connectivity index (χ0v) is 19.7. The van der Waals surface area contributed by atoms with Crippen molar-refractivity contribution in [1.29, 1.82) is 0 Å². The minimum atomic E-state index is -0.741. The predicted octanol–water partition coefficient (Wildman–Crippen LogP) is 2.62. The lowest BCUT2D eigenvalue weighted by molar-refractivity contribution is 0.0152. The summed E-state index contributed by atoms with van der Waals surface area (Å²) in [6.45, 7) is 8.76. The summed E-state index contributed by atoms with van der Waals surface area (Å²) < 4.78 is 21.3. The molecule has 0 spiro atoms. The zero-order chi connectivity index (χ0) is 24.2. The number of hydrogen-bond donors (Lipinski definition) is 1. The molecule has 34 heavy (non-hydrogen) atoms. The Morgan fingerprint density at radius 1 is 1.03 bits per heavy atom. The number of β-amino-alcohol motifs (C(OH)–C–C–N with tert-alkyl or cyclic N) is 1. The van der Waals surface area contributed by atoms with Crippen molar-refractivity contribution in [2.45, 2.75) is 6.10 Å². The summed E-state index contributed by atoms with van der Waals surface area (Å²) in [5.41, 5.74) is 1.57. The van der Waals surface area contributed by atoms with Gasteiger partial charge in [0.2, 0.25) is 0 Å². The maximum absolute atomic E-state index is 12.3. The van der Waals surface area contributed by atoms with Gasteiger partial charge in [0.05, 0.1) is 25.9 Å². The molecule has 0 saturated carbocycles. The number of carbonyl (C=O) groups excluding carboxylic acids is 1. The van der Waals surface area contributed by atoms with Crippen LogP contribution >= 0.6 is 0 Å². The van der Waals surface area contributed by atoms with Crippen LogP contribution in [0.2, 0.25) is 0 Å². The first-order chi connectivity index (χ1) is 16.6. The van der Waals surface area contributed by atoms with E-state index in [4.69, 9.17) is 18.9 Å². The minimum Gasteiger partial charge on any atom is -0.497 e. The number of aliphatic hydroxyl groups excluding tert-OH is 1. The van der Waals surface area contributed by atoms with Crippen molar-refractivity contribution in [1.82, 2.24) is 4.90 Å². The summed E-state index contributed by atoms with van der Waals surface area (Å²) in [5, 5.41) is 10.4. The quantitative estimate of drug-likeness (QED) is 0.272. The minimum absolute atomic E-state index is 0.0452. The highest BCUT2D eigenvalue weighted by Gasteiger charge is 2.20. The van der Waals surface area contributed by atoms with Crippen molar-refractivity contribution in [2.75, 3.05) is 71.2 Å². The van der Waals surface area contributed by atoms with Gasteiger partial charge in [0.25, 0.3) is 0 Å². The van der Waals surface area contributed by atoms with Crippen LogP contribution in [0.15, 0.2) is 61.2 Å². The molecule has 2 aromatic carbocycles. The van der Waals surface area contributed by atoms with Crippen LogP contribution in [0.5, 0.6) is 11.5 Å². The molecule has 1 aliphatic rings. The van der Waals surface area contributed by atoms with Crippen LogP contribution in [0.4, 0.5) is 5.69 Å². The van der Waals surface area contributed by atoms with E-state index in [-0.39, 0.29) is 6.61 Å². The third kappa shape index (κ3) is 8.06. The molecule has 2 aromatic rings. The third-order valence-corrected chi connectivity index (χ3v) is 5.51. The SMILES string of the molecule is C=CCOCCOc1ccc(C(=O)OCC(O)CN2CCN(c3ccc(OC)cc3)CC2)cc1. The molecule has 1 atom stereocenters. The number of ether oxygens (including phenoxy) is 4. The molecule has 1 aliphatic heterocycles. The number of carbonyl (C=O) groups is 1. The second kappa shape index (κ2) is 13.6. The Hall–Kier alpha value is -3.07. The fraction of sp³-hybridized carbons (Fsp3) is 0.423. The molecule has 3 rings (SSSR count). The van der Waals surface area contributed by atoms with Gasteiger partial charge in [0.15, 0.2) is 0 Å². The Morgan fingerprint density at radius 2 is 1.71 bits per heavy atom. The average Bonchev–Trinajstić information content (AvgIpc) is 2.88. The van der Waals surface area contributed by atoms with Gasteiger partial charge in [0, 0.05) is 38.4 Å². The molecule has 0 aliphatic carbocycles. The fourth-order valence-electron chi connectivity index (χ4n) is 3.66. The van der Waals surface area contributed by atoms with Gasteiger partial charge < -0.3 is 29.0 Å². The van der Waals surface area contributed by atoms with Gasteiger partial charge in [-0.3, -0.25) is 4.90 Å². The fourth-order valence-corrected chi connectivity index (χ4v) is 3.66. The van der Waals surface area contributed by atoms with E-state index in [0.717, 1.165) is 37.6 Å². The van der Waals surface area contributed by atoms with Gasteiger partial charge in [-0.05, 0) is 48.5 Å². The lowest BCUT2D eigenvalue weighted by Gasteiger charge is -2.36. The first-order valence-corrected chi connectivity index (χ1v) is 11.5. The number of hydrogen-bond acceptors (Lipinski definition) is 8. The number of benzene rings is 2. The normalized spacial score (nSPS) is 14.9. The van der Waals surface area contributed by atoms with Crippen molar-refractivity contribution in [3.63, 3.8) is 0 Å². The highest BCUT2D eigenvalue weighted by molar-refractivity contribution is 5.89. The third-order valence-electron chi connectivity index (χ3n) is 5.51. The summed E-state index contributed by atoms with van der Waals surface area (Å²) in [7, 11) is 1.66. The largest absolute Gasteiger partial charge is 0.497 e. The number of aliphatic hydroxyl groups is 1. The lowest BCUT2D eigenvalue weighted by Crippen LogP contribution is -2.49. The summed E-state index contributed by atoms with van der Waals surface area (Å²) >= 11 is 0. The second-order valence-electron chi connectivity index (χ2n) is 7.97. The molecule has 184 valence electrons. The number of nitrogens with zero attached hydrogens (tertiary/aromatic N) is 2. The van der Waals surface area contributed by atoms with Crippen LogP contribution in [0.1, 0.15) is 10.4 Å². The highest BCUT2D eigenvalue weighted by Crippen LogP contribution is 2.20. The molecule has 0 amide bonds. The molecule has 0 bridgehead atoms. The van der Waals surface area contributed by atoms with Gasteiger partial charge in [-0.25, -0.2) is 4.79 Å². The van der Waals surface area contributed by atoms with E-state index >= 15 is 0 Å². The predicted molar refractivity (Wildman–Crippen MR) is 131 cm³/mol. The maximum Gasteiger partial charge on any atom is 0.338 e. The van der Waals surface area contributed by atoms with Crippen LogP contribution in [-0.2, 0) is 9.47 Å². The Labute approximate surface area is 201 Å². The molecule has 0 radical (unpaired) electrons. The van der Waals surface area contributed by atoms with Crippen LogP contribution < -0.4 is 14.4 Å². The number of anilines is 1. The van der Waals surface area contributed by atoms with Crippen molar-refractivity contribution in [3.05, 3.63) is 66.7 Å². The maximum atomic E-state index is 12.3. The van der Waals surface area contributed by atoms with Crippen molar-refractivity contribution < 1.29 is 28.8 Å². The van der Waals surface area contributed by atoms with E-state index in [1.54, 1.807) is 37.5 Å². The molecular weight excluding hydrogens is 436 g/mol. The van der Waals surface area contributed by atoms with Crippen LogP contribution in [0, 0.1) is 0 Å². The summed E-state index contributed by atoms with van der Waals surface area (Å²) in [6.07, 6.45) is 0.941. The molecule has 8 nitrogen and oxygen atoms in total. The smallest absolute Gasteiger partial charge is 0.338 e. The molecule has 1 unspecified atom stereocenters. The number of methoxy groups -OCH3 is 1. The van der Waals surface area contributed by atoms with E-state index in [1.165, 1.54) is 0 Å². The van der Waals surface area contributed by atoms with E-state index in [9.17, 15) is 9.90 Å². The Morgan fingerprint density at radius 3 is 2.35 bits per heavy atom. The van der Waals surface area contributed by atoms with E-state index in [2.05, 4.69) is 28.5 Å². The first kappa shape index (κ1) is 25.6. The number of rotatable bonds is 13. The molecular formula is C26H34N2O6. The summed E-state index contributed by atoms with van der Waals surface area (Å²) in [4.78, 5) is 16.8. The van der Waals surface area contributed by atoms with Crippen molar-refractivity contribution in [3.8, 4) is 11.5 Å². The van der Waals surface area contributed by atoms with E-state index in [1.807, 2.05) is 12.1 Å². The molecule has 1 N–H and O–H groups in total. The Balaban J connectivity index is 1.34. The van der Waals surface area contributed by atoms with Gasteiger partial charge in [-0.1, -0.05) is 6.08 Å². The first-order valence-electron chi connectivity index (χ1n) is 11.5. The van der Waals surface area contributed by atoms with E-state index < -0.39 is 12.1 Å². The van der Waals surface area contributed by atoms with Gasteiger partial charge in [0.1, 0.15) is 30.8 Å². The van der Waals surface area contributed by atoms with Crippen LogP contribution in [0.25, 0.3) is 0 Å². The molecule has 1 fully saturated rings. The monoisotopic (exact) mass is 470 g/mol. The van der Waals surface area contributed by atoms with Gasteiger partial charge >= 0.3 is 5.97 Å². The number of piperazine rings is 1. The zero-order valence-electron chi connectivity index (χ0n) is 19.7.